The molecular weight excluding hydrogens is 174 g/mol. The number of hydrogen-bond acceptors (Lipinski definition) is 1. The number of quaternary nitrogens is 1. The van der Waals surface area contributed by atoms with E-state index in [1.54, 1.807) is 0 Å². The van der Waals surface area contributed by atoms with Crippen LogP contribution in [0.4, 0.5) is 0 Å². The van der Waals surface area contributed by atoms with Crippen LogP contribution < -0.4 is 12.4 Å². The van der Waals surface area contributed by atoms with Crippen molar-refractivity contribution in [1.29, 1.82) is 0 Å². The van der Waals surface area contributed by atoms with Crippen LogP contribution in [-0.2, 0) is 4.84 Å². The summed E-state index contributed by atoms with van der Waals surface area (Å²) < 4.78 is 0.684. The summed E-state index contributed by atoms with van der Waals surface area (Å²) in [6, 6.07) is 0. The second kappa shape index (κ2) is 7.84. The first-order chi connectivity index (χ1) is 5.12. The van der Waals surface area contributed by atoms with Crippen LogP contribution in [0, 0.1) is 0 Å². The Morgan fingerprint density at radius 1 is 1.08 bits per heavy atom. The molecule has 0 radical (unpaired) electrons. The van der Waals surface area contributed by atoms with E-state index in [0.717, 1.165) is 13.2 Å². The van der Waals surface area contributed by atoms with E-state index >= 15 is 0 Å². The molecule has 76 valence electrons. The molecule has 12 heavy (non-hydrogen) atoms. The van der Waals surface area contributed by atoms with Gasteiger partial charge in [-0.05, 0) is 13.3 Å². The van der Waals surface area contributed by atoms with E-state index in [4.69, 9.17) is 4.84 Å². The minimum atomic E-state index is 0. The van der Waals surface area contributed by atoms with Crippen LogP contribution in [0.5, 0.6) is 0 Å². The molecule has 0 aromatic carbocycles. The normalized spacial score (nSPS) is 11.0. The Kier molecular flexibility index (Phi) is 9.61. The zero-order valence-electron chi connectivity index (χ0n) is 8.77. The Bertz CT molecular complexity index is 96.5. The highest BCUT2D eigenvalue weighted by Gasteiger charge is 2.11. The molecule has 0 aliphatic carbocycles. The summed E-state index contributed by atoms with van der Waals surface area (Å²) in [5.41, 5.74) is 0. The molecule has 3 heteroatoms. The fraction of sp³-hybridized carbons (Fsp3) is 1.00. The van der Waals surface area contributed by atoms with Crippen LogP contribution in [-0.4, -0.2) is 31.9 Å². The Hall–Kier alpha value is 0.210. The molecule has 0 atom stereocenters. The van der Waals surface area contributed by atoms with E-state index in [1.807, 2.05) is 0 Å². The largest absolute Gasteiger partial charge is 1.00 e. The summed E-state index contributed by atoms with van der Waals surface area (Å²) in [6.45, 7) is 6.28. The summed E-state index contributed by atoms with van der Waals surface area (Å²) in [4.78, 5) is 5.62. The second-order valence-electron chi connectivity index (χ2n) is 3.43. The topological polar surface area (TPSA) is 9.23 Å². The molecule has 0 bridgehead atoms. The van der Waals surface area contributed by atoms with Gasteiger partial charge in [0.2, 0.25) is 0 Å². The summed E-state index contributed by atoms with van der Waals surface area (Å²) in [5, 5.41) is 0. The molecule has 0 heterocycles. The van der Waals surface area contributed by atoms with Crippen LogP contribution in [0.2, 0.25) is 0 Å². The van der Waals surface area contributed by atoms with E-state index in [9.17, 15) is 0 Å². The highest BCUT2D eigenvalue weighted by atomic mass is 35.5. The molecule has 0 saturated heterocycles. The number of halogens is 1. The van der Waals surface area contributed by atoms with Crippen LogP contribution >= 0.6 is 0 Å². The minimum absolute atomic E-state index is 0. The number of hydroxylamine groups is 3. The third kappa shape index (κ3) is 8.31. The molecule has 0 unspecified atom stereocenters. The average Bonchev–Trinajstić information content (AvgIpc) is 1.99. The Labute approximate surface area is 82.8 Å². The van der Waals surface area contributed by atoms with E-state index < -0.39 is 0 Å². The summed E-state index contributed by atoms with van der Waals surface area (Å²) in [5.74, 6) is 0. The third-order valence-corrected chi connectivity index (χ3v) is 1.95. The van der Waals surface area contributed by atoms with Crippen LogP contribution in [0.25, 0.3) is 0 Å². The third-order valence-electron chi connectivity index (χ3n) is 1.95. The fourth-order valence-corrected chi connectivity index (χ4v) is 0.755. The van der Waals surface area contributed by atoms with Crippen molar-refractivity contribution in [3.8, 4) is 0 Å². The van der Waals surface area contributed by atoms with E-state index in [1.165, 1.54) is 19.3 Å². The molecule has 0 rings (SSSR count). The first kappa shape index (κ1) is 14.7. The lowest BCUT2D eigenvalue weighted by Crippen LogP contribution is -3.00. The second-order valence-corrected chi connectivity index (χ2v) is 3.43. The fourth-order valence-electron chi connectivity index (χ4n) is 0.755. The maximum atomic E-state index is 5.62. The maximum Gasteiger partial charge on any atom is 0.106 e. The first-order valence-corrected chi connectivity index (χ1v) is 4.60. The van der Waals surface area contributed by atoms with Gasteiger partial charge in [-0.25, -0.2) is 4.84 Å². The number of nitrogens with zero attached hydrogens (tertiary/aromatic N) is 1. The summed E-state index contributed by atoms with van der Waals surface area (Å²) in [6.07, 6.45) is 3.74. The van der Waals surface area contributed by atoms with E-state index in [0.29, 0.717) is 4.65 Å². The Morgan fingerprint density at radius 2 is 1.67 bits per heavy atom. The van der Waals surface area contributed by atoms with Gasteiger partial charge in [-0.2, -0.15) is 4.65 Å². The van der Waals surface area contributed by atoms with Crippen molar-refractivity contribution in [2.75, 3.05) is 27.2 Å². The van der Waals surface area contributed by atoms with Gasteiger partial charge in [0.25, 0.3) is 0 Å². The van der Waals surface area contributed by atoms with Gasteiger partial charge in [0, 0.05) is 0 Å². The predicted molar refractivity (Wildman–Crippen MR) is 48.1 cm³/mol. The minimum Gasteiger partial charge on any atom is -1.00 e. The van der Waals surface area contributed by atoms with Crippen molar-refractivity contribution >= 4 is 0 Å². The van der Waals surface area contributed by atoms with Gasteiger partial charge in [0.1, 0.15) is 13.2 Å². The summed E-state index contributed by atoms with van der Waals surface area (Å²) >= 11 is 0. The molecule has 0 N–H and O–H groups in total. The van der Waals surface area contributed by atoms with Crippen LogP contribution in [0.15, 0.2) is 0 Å². The zero-order chi connectivity index (χ0) is 8.74. The number of unbranched alkanes of at least 4 members (excludes halogenated alkanes) is 2. The first-order valence-electron chi connectivity index (χ1n) is 4.60. The van der Waals surface area contributed by atoms with E-state index in [2.05, 4.69) is 27.9 Å². The quantitative estimate of drug-likeness (QED) is 0.307. The smallest absolute Gasteiger partial charge is 0.106 e. The van der Waals surface area contributed by atoms with Crippen molar-refractivity contribution in [3.63, 3.8) is 0 Å². The van der Waals surface area contributed by atoms with Gasteiger partial charge in [-0.1, -0.05) is 19.8 Å². The zero-order valence-corrected chi connectivity index (χ0v) is 9.52. The van der Waals surface area contributed by atoms with Gasteiger partial charge in [0.15, 0.2) is 0 Å². The molecule has 0 saturated carbocycles. The van der Waals surface area contributed by atoms with Crippen LogP contribution in [0.1, 0.15) is 33.1 Å². The molecular formula is C9H22ClNO. The van der Waals surface area contributed by atoms with Crippen molar-refractivity contribution in [2.45, 2.75) is 33.1 Å². The van der Waals surface area contributed by atoms with Gasteiger partial charge in [-0.15, -0.1) is 0 Å². The highest BCUT2D eigenvalue weighted by Crippen LogP contribution is 2.01. The molecule has 0 spiro atoms. The average molecular weight is 196 g/mol. The van der Waals surface area contributed by atoms with Gasteiger partial charge in [0.05, 0.1) is 14.1 Å². The van der Waals surface area contributed by atoms with Crippen LogP contribution in [0.3, 0.4) is 0 Å². The summed E-state index contributed by atoms with van der Waals surface area (Å²) in [7, 11) is 4.18. The Morgan fingerprint density at radius 3 is 2.08 bits per heavy atom. The lowest BCUT2D eigenvalue weighted by molar-refractivity contribution is -1.08. The molecule has 0 amide bonds. The van der Waals surface area contributed by atoms with Crippen molar-refractivity contribution in [1.82, 2.24) is 0 Å². The highest BCUT2D eigenvalue weighted by molar-refractivity contribution is 4.32. The lowest BCUT2D eigenvalue weighted by atomic mass is 10.3. The molecule has 0 aliphatic rings. The molecule has 0 aromatic rings. The van der Waals surface area contributed by atoms with Crippen molar-refractivity contribution < 1.29 is 21.9 Å². The number of rotatable bonds is 6. The monoisotopic (exact) mass is 195 g/mol. The lowest BCUT2D eigenvalue weighted by Gasteiger charge is -2.24. The SMILES string of the molecule is CCCCCO[N+](C)(C)CC.[Cl-]. The number of hydrogen-bond donors (Lipinski definition) is 0. The van der Waals surface area contributed by atoms with Crippen molar-refractivity contribution in [3.05, 3.63) is 0 Å². The van der Waals surface area contributed by atoms with Crippen molar-refractivity contribution in [2.24, 2.45) is 0 Å². The van der Waals surface area contributed by atoms with Gasteiger partial charge < -0.3 is 12.4 Å². The Balaban J connectivity index is 0. The molecule has 2 nitrogen and oxygen atoms in total. The predicted octanol–water partition coefficient (Wildman–Crippen LogP) is -0.791. The van der Waals surface area contributed by atoms with Gasteiger partial charge in [-0.3, -0.25) is 0 Å². The molecule has 0 fully saturated rings. The maximum absolute atomic E-state index is 5.62. The molecule has 0 aromatic heterocycles. The van der Waals surface area contributed by atoms with Gasteiger partial charge >= 0.3 is 0 Å². The standard InChI is InChI=1S/C9H22NO.ClH/c1-5-7-8-9-11-10(3,4)6-2;/h5-9H2,1-4H3;1H/q+1;/p-1. The molecule has 0 aliphatic heterocycles. The van der Waals surface area contributed by atoms with E-state index in [-0.39, 0.29) is 12.4 Å².